The van der Waals surface area contributed by atoms with Gasteiger partial charge in [-0.25, -0.2) is 0 Å². The minimum Gasteiger partial charge on any atom is -0.501 e. The molecular weight excluding hydrogens is 436 g/mol. The van der Waals surface area contributed by atoms with Gasteiger partial charge in [-0.3, -0.25) is 14.4 Å². The van der Waals surface area contributed by atoms with Crippen molar-refractivity contribution in [2.75, 3.05) is 32.8 Å². The molecule has 35 heavy (non-hydrogen) atoms. The van der Waals surface area contributed by atoms with Gasteiger partial charge in [-0.15, -0.1) is 0 Å². The monoisotopic (exact) mass is 486 g/mol. The number of carbonyl (C=O) groups is 1. The zero-order valence-corrected chi connectivity index (χ0v) is 23.0. The van der Waals surface area contributed by atoms with Crippen LogP contribution in [0.2, 0.25) is 0 Å². The topological polar surface area (TPSA) is 50.6 Å². The third-order valence-corrected chi connectivity index (χ3v) is 6.32. The summed E-state index contributed by atoms with van der Waals surface area (Å²) in [5.41, 5.74) is 1.34. The van der Waals surface area contributed by atoms with Gasteiger partial charge >= 0.3 is 0 Å². The third kappa shape index (κ3) is 14.6. The lowest BCUT2D eigenvalue weighted by Crippen LogP contribution is -2.45. The molecule has 198 valence electrons. The zero-order chi connectivity index (χ0) is 25.7. The van der Waals surface area contributed by atoms with Crippen molar-refractivity contribution in [3.05, 3.63) is 54.6 Å². The van der Waals surface area contributed by atoms with Gasteiger partial charge in [0.2, 0.25) is 5.91 Å². The van der Waals surface area contributed by atoms with E-state index in [-0.39, 0.29) is 5.91 Å². The standard InChI is InChI=1S/C29H50N4O2/c1-6-9-19-31(20-10-7-2)29(34)26-32(28(5)16-23-33-22-15-18-30-33)21-13-11-12-14-24-35-25-17-27(4)8-3/h8,11-12,14-15,18,22,24,28H,6-7,9-10,13,16-17,19-21,23,25-26H2,1-5H3/b12-11+,24-14+,27-8+. The molecule has 0 spiro atoms. The predicted octanol–water partition coefficient (Wildman–Crippen LogP) is 6.23. The van der Waals surface area contributed by atoms with Crippen LogP contribution in [-0.2, 0) is 16.1 Å². The number of hydrogen-bond donors (Lipinski definition) is 0. The number of rotatable bonds is 20. The number of amides is 1. The first kappa shape index (κ1) is 30.7. The van der Waals surface area contributed by atoms with Gasteiger partial charge in [0.1, 0.15) is 0 Å². The van der Waals surface area contributed by atoms with Gasteiger partial charge in [0, 0.05) is 51.0 Å². The second-order valence-corrected chi connectivity index (χ2v) is 9.27. The Bertz CT molecular complexity index is 732. The fourth-order valence-corrected chi connectivity index (χ4v) is 3.67. The summed E-state index contributed by atoms with van der Waals surface area (Å²) in [5, 5.41) is 4.32. The normalized spacial score (nSPS) is 13.3. The number of hydrogen-bond acceptors (Lipinski definition) is 4. The van der Waals surface area contributed by atoms with E-state index >= 15 is 0 Å². The molecule has 0 aliphatic carbocycles. The van der Waals surface area contributed by atoms with Crippen LogP contribution in [0, 0.1) is 0 Å². The van der Waals surface area contributed by atoms with Gasteiger partial charge in [0.05, 0.1) is 19.4 Å². The van der Waals surface area contributed by atoms with Gasteiger partial charge in [-0.1, -0.05) is 50.5 Å². The van der Waals surface area contributed by atoms with Crippen LogP contribution < -0.4 is 0 Å². The summed E-state index contributed by atoms with van der Waals surface area (Å²) >= 11 is 0. The van der Waals surface area contributed by atoms with Gasteiger partial charge in [-0.2, -0.15) is 5.10 Å². The molecule has 6 nitrogen and oxygen atoms in total. The van der Waals surface area contributed by atoms with Crippen LogP contribution in [0.5, 0.6) is 0 Å². The summed E-state index contributed by atoms with van der Waals surface area (Å²) in [6.45, 7) is 15.4. The molecule has 1 unspecified atom stereocenters. The molecular formula is C29H50N4O2. The van der Waals surface area contributed by atoms with Crippen LogP contribution >= 0.6 is 0 Å². The summed E-state index contributed by atoms with van der Waals surface area (Å²) in [4.78, 5) is 17.6. The number of ether oxygens (including phenoxy) is 1. The van der Waals surface area contributed by atoms with Gasteiger partial charge in [0.25, 0.3) is 0 Å². The summed E-state index contributed by atoms with van der Waals surface area (Å²) in [6.07, 6.45) is 21.0. The van der Waals surface area contributed by atoms with Crippen molar-refractivity contribution < 1.29 is 9.53 Å². The Morgan fingerprint density at radius 2 is 1.89 bits per heavy atom. The van der Waals surface area contributed by atoms with E-state index in [1.54, 1.807) is 6.26 Å². The van der Waals surface area contributed by atoms with Crippen molar-refractivity contribution in [3.63, 3.8) is 0 Å². The van der Waals surface area contributed by atoms with E-state index < -0.39 is 0 Å². The maximum atomic E-state index is 13.2. The Hall–Kier alpha value is -2.34. The number of unbranched alkanes of at least 4 members (excludes halogenated alkanes) is 2. The molecule has 1 aromatic heterocycles. The first-order valence-electron chi connectivity index (χ1n) is 13.6. The van der Waals surface area contributed by atoms with E-state index in [0.29, 0.717) is 19.2 Å². The maximum Gasteiger partial charge on any atom is 0.236 e. The van der Waals surface area contributed by atoms with Crippen molar-refractivity contribution in [3.8, 4) is 0 Å². The summed E-state index contributed by atoms with van der Waals surface area (Å²) < 4.78 is 7.51. The fraction of sp³-hybridized carbons (Fsp3) is 0.655. The molecule has 0 saturated carbocycles. The van der Waals surface area contributed by atoms with Gasteiger partial charge in [-0.05, 0) is 58.6 Å². The second kappa shape index (κ2) is 19.9. The molecule has 6 heteroatoms. The lowest BCUT2D eigenvalue weighted by Gasteiger charge is -2.31. The van der Waals surface area contributed by atoms with Crippen LogP contribution in [0.25, 0.3) is 0 Å². The van der Waals surface area contributed by atoms with E-state index in [4.69, 9.17) is 4.74 Å². The first-order chi connectivity index (χ1) is 17.0. The lowest BCUT2D eigenvalue weighted by atomic mass is 10.1. The van der Waals surface area contributed by atoms with Crippen LogP contribution in [0.4, 0.5) is 0 Å². The highest BCUT2D eigenvalue weighted by molar-refractivity contribution is 5.78. The molecule has 1 heterocycles. The number of aryl methyl sites for hydroxylation is 1. The number of nitrogens with zero attached hydrogens (tertiary/aromatic N) is 4. The van der Waals surface area contributed by atoms with Crippen molar-refractivity contribution in [1.82, 2.24) is 19.6 Å². The van der Waals surface area contributed by atoms with Gasteiger partial charge in [0.15, 0.2) is 0 Å². The average Bonchev–Trinajstić information content (AvgIpc) is 3.39. The van der Waals surface area contributed by atoms with Crippen LogP contribution in [0.1, 0.15) is 79.6 Å². The molecule has 0 bridgehead atoms. The van der Waals surface area contributed by atoms with Crippen molar-refractivity contribution >= 4 is 5.91 Å². The lowest BCUT2D eigenvalue weighted by molar-refractivity contribution is -0.133. The zero-order valence-electron chi connectivity index (χ0n) is 23.0. The minimum absolute atomic E-state index is 0.256. The predicted molar refractivity (Wildman–Crippen MR) is 147 cm³/mol. The molecule has 1 atom stereocenters. The second-order valence-electron chi connectivity index (χ2n) is 9.27. The fourth-order valence-electron chi connectivity index (χ4n) is 3.67. The summed E-state index contributed by atoms with van der Waals surface area (Å²) in [6, 6.07) is 2.25. The molecule has 0 N–H and O–H groups in total. The summed E-state index contributed by atoms with van der Waals surface area (Å²) in [5.74, 6) is 0.256. The Labute approximate surface area is 214 Å². The largest absolute Gasteiger partial charge is 0.501 e. The number of aromatic nitrogens is 2. The van der Waals surface area contributed by atoms with E-state index in [2.05, 4.69) is 61.7 Å². The van der Waals surface area contributed by atoms with Crippen LogP contribution in [0.3, 0.4) is 0 Å². The van der Waals surface area contributed by atoms with Crippen molar-refractivity contribution in [1.29, 1.82) is 0 Å². The first-order valence-corrected chi connectivity index (χ1v) is 13.6. The number of allylic oxidation sites excluding steroid dienone is 3. The summed E-state index contributed by atoms with van der Waals surface area (Å²) in [7, 11) is 0. The van der Waals surface area contributed by atoms with E-state index in [0.717, 1.165) is 71.1 Å². The molecule has 0 radical (unpaired) electrons. The van der Waals surface area contributed by atoms with Gasteiger partial charge < -0.3 is 9.64 Å². The van der Waals surface area contributed by atoms with Crippen molar-refractivity contribution in [2.24, 2.45) is 0 Å². The molecule has 0 aliphatic heterocycles. The Kier molecular flexibility index (Phi) is 17.5. The van der Waals surface area contributed by atoms with Crippen LogP contribution in [-0.4, -0.2) is 64.3 Å². The molecule has 0 saturated heterocycles. The molecule has 0 aromatic carbocycles. The van der Waals surface area contributed by atoms with Crippen LogP contribution in [0.15, 0.2) is 54.6 Å². The third-order valence-electron chi connectivity index (χ3n) is 6.32. The maximum absolute atomic E-state index is 13.2. The molecule has 1 rings (SSSR count). The molecule has 1 aromatic rings. The highest BCUT2D eigenvalue weighted by Crippen LogP contribution is 2.10. The highest BCUT2D eigenvalue weighted by Gasteiger charge is 2.20. The minimum atomic E-state index is 0.256. The Morgan fingerprint density at radius 1 is 1.14 bits per heavy atom. The average molecular weight is 487 g/mol. The SMILES string of the molecule is C/C=C(\C)CCO/C=C/C=C/CCN(CC(=O)N(CCCC)CCCC)C(C)CCn1cccn1. The van der Waals surface area contributed by atoms with E-state index in [9.17, 15) is 4.79 Å². The molecule has 0 aliphatic rings. The smallest absolute Gasteiger partial charge is 0.236 e. The molecule has 0 fully saturated rings. The van der Waals surface area contributed by atoms with Crippen molar-refractivity contribution in [2.45, 2.75) is 92.2 Å². The quantitative estimate of drug-likeness (QED) is 0.0949. The Balaban J connectivity index is 2.63. The highest BCUT2D eigenvalue weighted by atomic mass is 16.5. The van der Waals surface area contributed by atoms with E-state index in [1.165, 1.54) is 5.57 Å². The number of carbonyl (C=O) groups excluding carboxylic acids is 1. The van der Waals surface area contributed by atoms with E-state index in [1.807, 2.05) is 35.3 Å². The molecule has 1 amide bonds. The Morgan fingerprint density at radius 3 is 2.51 bits per heavy atom.